The van der Waals surface area contributed by atoms with Gasteiger partial charge < -0.3 is 10.4 Å². The predicted molar refractivity (Wildman–Crippen MR) is 76.7 cm³/mol. The van der Waals surface area contributed by atoms with Crippen LogP contribution >= 0.6 is 0 Å². The summed E-state index contributed by atoms with van der Waals surface area (Å²) < 4.78 is 77.6. The summed E-state index contributed by atoms with van der Waals surface area (Å²) in [6.45, 7) is -2.63. The van der Waals surface area contributed by atoms with E-state index in [-0.39, 0.29) is 5.76 Å². The minimum absolute atomic E-state index is 0.133. The lowest BCUT2D eigenvalue weighted by molar-refractivity contribution is -0.235. The molecule has 0 unspecified atom stereocenters. The van der Waals surface area contributed by atoms with Crippen molar-refractivity contribution in [3.63, 3.8) is 0 Å². The van der Waals surface area contributed by atoms with Gasteiger partial charge in [-0.2, -0.15) is 26.3 Å². The zero-order valence-corrected chi connectivity index (χ0v) is 13.4. The van der Waals surface area contributed by atoms with Gasteiger partial charge in [0.15, 0.2) is 0 Å². The van der Waals surface area contributed by atoms with Crippen LogP contribution in [0.1, 0.15) is 32.1 Å². The van der Waals surface area contributed by atoms with Crippen LogP contribution < -0.4 is 5.32 Å². The molecule has 2 N–H and O–H groups in total. The number of likely N-dealkylation sites (tertiary alicyclic amines) is 1. The highest BCUT2D eigenvalue weighted by Gasteiger charge is 2.61. The van der Waals surface area contributed by atoms with Gasteiger partial charge >= 0.3 is 12.4 Å². The van der Waals surface area contributed by atoms with Crippen LogP contribution in [0.15, 0.2) is 11.3 Å². The number of aliphatic hydroxyl groups excluding tert-OH is 1. The van der Waals surface area contributed by atoms with Crippen LogP contribution in [0, 0.1) is 5.41 Å². The summed E-state index contributed by atoms with van der Waals surface area (Å²) in [5.41, 5.74) is -2.01. The van der Waals surface area contributed by atoms with Gasteiger partial charge in [-0.25, -0.2) is 0 Å². The number of nitrogens with one attached hydrogen (secondary N) is 1. The van der Waals surface area contributed by atoms with Crippen molar-refractivity contribution in [3.05, 3.63) is 11.3 Å². The van der Waals surface area contributed by atoms with Crippen molar-refractivity contribution < 1.29 is 36.2 Å². The smallest absolute Gasteiger partial charge is 0.403 e. The number of halogens is 6. The van der Waals surface area contributed by atoms with Crippen LogP contribution in [0.2, 0.25) is 0 Å². The number of carbonyl (C=O) groups excluding carboxylic acids is 1. The van der Waals surface area contributed by atoms with E-state index in [1.54, 1.807) is 0 Å². The molecule has 144 valence electrons. The first-order chi connectivity index (χ1) is 11.4. The number of aliphatic hydroxyl groups is 1. The third-order valence-corrected chi connectivity index (χ3v) is 4.87. The average Bonchev–Trinajstić information content (AvgIpc) is 2.40. The molecule has 0 spiro atoms. The molecule has 0 aromatic rings. The Balaban J connectivity index is 2.02. The summed E-state index contributed by atoms with van der Waals surface area (Å²) in [6.07, 6.45) is -8.67. The molecule has 2 rings (SSSR count). The highest BCUT2D eigenvalue weighted by atomic mass is 19.4. The van der Waals surface area contributed by atoms with Crippen LogP contribution in [0.3, 0.4) is 0 Å². The Morgan fingerprint density at radius 1 is 1.12 bits per heavy atom. The number of hydrogen-bond acceptors (Lipinski definition) is 3. The fraction of sp³-hybridized carbons (Fsp3) is 0.800. The maximum Gasteiger partial charge on any atom is 0.403 e. The Morgan fingerprint density at radius 3 is 2.08 bits per heavy atom. The van der Waals surface area contributed by atoms with E-state index in [4.69, 9.17) is 0 Å². The number of carbonyl (C=O) groups is 1. The molecule has 1 heterocycles. The summed E-state index contributed by atoms with van der Waals surface area (Å²) in [6, 6.07) is 0. The summed E-state index contributed by atoms with van der Waals surface area (Å²) in [5, 5.41) is 11.8. The van der Waals surface area contributed by atoms with E-state index in [2.05, 4.69) is 5.32 Å². The van der Waals surface area contributed by atoms with Gasteiger partial charge in [0.05, 0.1) is 13.1 Å². The highest BCUT2D eigenvalue weighted by molar-refractivity contribution is 5.84. The minimum atomic E-state index is -4.87. The van der Waals surface area contributed by atoms with E-state index < -0.39 is 62.7 Å². The lowest BCUT2D eigenvalue weighted by Crippen LogP contribution is -2.57. The maximum atomic E-state index is 13.5. The zero-order chi connectivity index (χ0) is 18.9. The zero-order valence-electron chi connectivity index (χ0n) is 13.4. The maximum absolute atomic E-state index is 13.5. The van der Waals surface area contributed by atoms with Crippen molar-refractivity contribution in [2.24, 2.45) is 5.41 Å². The van der Waals surface area contributed by atoms with Gasteiger partial charge in [-0.3, -0.25) is 9.69 Å². The first-order valence-electron chi connectivity index (χ1n) is 7.99. The van der Waals surface area contributed by atoms with Crippen molar-refractivity contribution in [3.8, 4) is 0 Å². The van der Waals surface area contributed by atoms with Gasteiger partial charge in [-0.05, 0) is 50.8 Å². The molecule has 0 aromatic carbocycles. The molecule has 2 aliphatic rings. The number of piperidine rings is 1. The second-order valence-corrected chi connectivity index (χ2v) is 6.56. The van der Waals surface area contributed by atoms with Crippen LogP contribution in [0.5, 0.6) is 0 Å². The van der Waals surface area contributed by atoms with Crippen LogP contribution in [-0.4, -0.2) is 54.4 Å². The van der Waals surface area contributed by atoms with E-state index in [1.807, 2.05) is 0 Å². The Labute approximate surface area is 140 Å². The van der Waals surface area contributed by atoms with E-state index in [9.17, 15) is 36.2 Å². The SMILES string of the molecule is O=C(NCC(O)=C1CCC1)C1(C(F)(F)F)CCN(CC(F)(F)F)CC1. The number of nitrogens with zero attached hydrogens (tertiary/aromatic N) is 1. The summed E-state index contributed by atoms with van der Waals surface area (Å²) >= 11 is 0. The molecule has 0 bridgehead atoms. The molecule has 1 amide bonds. The molecule has 2 fully saturated rings. The molecule has 0 aromatic heterocycles. The topological polar surface area (TPSA) is 52.6 Å². The number of hydrogen-bond donors (Lipinski definition) is 2. The predicted octanol–water partition coefficient (Wildman–Crippen LogP) is 3.31. The van der Waals surface area contributed by atoms with Crippen molar-refractivity contribution in [2.45, 2.75) is 44.5 Å². The molecular weight excluding hydrogens is 354 g/mol. The quantitative estimate of drug-likeness (QED) is 0.587. The molecule has 25 heavy (non-hydrogen) atoms. The van der Waals surface area contributed by atoms with Gasteiger partial charge in [-0.1, -0.05) is 0 Å². The number of alkyl halides is 6. The fourth-order valence-corrected chi connectivity index (χ4v) is 3.09. The normalized spacial score (nSPS) is 21.6. The molecule has 0 radical (unpaired) electrons. The Morgan fingerprint density at radius 2 is 1.68 bits per heavy atom. The Hall–Kier alpha value is -1.45. The van der Waals surface area contributed by atoms with Crippen molar-refractivity contribution in [1.82, 2.24) is 10.2 Å². The highest BCUT2D eigenvalue weighted by Crippen LogP contribution is 2.46. The van der Waals surface area contributed by atoms with E-state index >= 15 is 0 Å². The minimum Gasteiger partial charge on any atom is -0.510 e. The van der Waals surface area contributed by atoms with Crippen LogP contribution in [0.25, 0.3) is 0 Å². The monoisotopic (exact) mass is 374 g/mol. The van der Waals surface area contributed by atoms with Crippen molar-refractivity contribution in [2.75, 3.05) is 26.2 Å². The second kappa shape index (κ2) is 7.05. The Kier molecular flexibility index (Phi) is 5.60. The molecule has 0 atom stereocenters. The standard InChI is InChI=1S/C15H20F6N2O2/c16-14(17,18)9-23-6-4-13(5-7-23,15(19,20)21)12(25)22-8-11(24)10-2-1-3-10/h24H,1-9H2,(H,22,25). The molecule has 1 saturated carbocycles. The summed E-state index contributed by atoms with van der Waals surface area (Å²) in [7, 11) is 0. The summed E-state index contributed by atoms with van der Waals surface area (Å²) in [4.78, 5) is 13.1. The van der Waals surface area contributed by atoms with Crippen LogP contribution in [-0.2, 0) is 4.79 Å². The molecule has 4 nitrogen and oxygen atoms in total. The van der Waals surface area contributed by atoms with Gasteiger partial charge in [0.25, 0.3) is 0 Å². The Bertz CT molecular complexity index is 527. The van der Waals surface area contributed by atoms with E-state index in [0.29, 0.717) is 18.4 Å². The first-order valence-corrected chi connectivity index (χ1v) is 7.99. The molecule has 1 saturated heterocycles. The number of allylic oxidation sites excluding steroid dienone is 1. The number of amides is 1. The van der Waals surface area contributed by atoms with Gasteiger partial charge in [0.1, 0.15) is 11.2 Å². The third-order valence-electron chi connectivity index (χ3n) is 4.87. The first kappa shape index (κ1) is 19.9. The average molecular weight is 374 g/mol. The fourth-order valence-electron chi connectivity index (χ4n) is 3.09. The van der Waals surface area contributed by atoms with Gasteiger partial charge in [0, 0.05) is 0 Å². The number of rotatable bonds is 4. The molecule has 1 aliphatic carbocycles. The molecular formula is C15H20F6N2O2. The van der Waals surface area contributed by atoms with Gasteiger partial charge in [0.2, 0.25) is 5.91 Å². The molecule has 10 heteroatoms. The van der Waals surface area contributed by atoms with Crippen LogP contribution in [0.4, 0.5) is 26.3 Å². The summed E-state index contributed by atoms with van der Waals surface area (Å²) in [5.74, 6) is -1.43. The second-order valence-electron chi connectivity index (χ2n) is 6.56. The van der Waals surface area contributed by atoms with E-state index in [0.717, 1.165) is 11.3 Å². The van der Waals surface area contributed by atoms with Crippen molar-refractivity contribution >= 4 is 5.91 Å². The molecule has 1 aliphatic heterocycles. The van der Waals surface area contributed by atoms with Crippen molar-refractivity contribution in [1.29, 1.82) is 0 Å². The lowest BCUT2D eigenvalue weighted by atomic mass is 9.76. The van der Waals surface area contributed by atoms with E-state index in [1.165, 1.54) is 0 Å². The largest absolute Gasteiger partial charge is 0.510 e. The van der Waals surface area contributed by atoms with Gasteiger partial charge in [-0.15, -0.1) is 0 Å². The lowest BCUT2D eigenvalue weighted by Gasteiger charge is -2.41. The third kappa shape index (κ3) is 4.59.